The molecule has 1 unspecified atom stereocenters. The predicted octanol–water partition coefficient (Wildman–Crippen LogP) is 4.86. The molecule has 3 aromatic rings. The quantitative estimate of drug-likeness (QED) is 0.0440. The first-order valence-electron chi connectivity index (χ1n) is 12.2. The van der Waals surface area contributed by atoms with Gasteiger partial charge in [0.2, 0.25) is 5.85 Å². The van der Waals surface area contributed by atoms with Gasteiger partial charge in [0.05, 0.1) is 18.9 Å². The number of rotatable bonds is 15. The molecular formula is C26H30N7O6P. The Morgan fingerprint density at radius 3 is 2.08 bits per heavy atom. The van der Waals surface area contributed by atoms with Gasteiger partial charge in [0.1, 0.15) is 11.5 Å². The number of nitrogens with two attached hydrogens (primary N) is 2. The summed E-state index contributed by atoms with van der Waals surface area (Å²) in [6.07, 6.45) is -0.871. The third kappa shape index (κ3) is 10.2. The number of hydrogen-bond acceptors (Lipinski definition) is 8. The second-order valence-corrected chi connectivity index (χ2v) is 10.1. The fourth-order valence-electron chi connectivity index (χ4n) is 3.31. The zero-order valence-electron chi connectivity index (χ0n) is 21.5. The number of carbonyl (C=O) groups is 1. The fourth-order valence-corrected chi connectivity index (χ4v) is 5.07. The Hall–Kier alpha value is -4.70. The van der Waals surface area contributed by atoms with E-state index in [4.69, 9.17) is 35.5 Å². The van der Waals surface area contributed by atoms with Crippen LogP contribution >= 0.6 is 7.60 Å². The molecule has 13 nitrogen and oxygen atoms in total. The molecule has 0 bridgehead atoms. The van der Waals surface area contributed by atoms with Gasteiger partial charge in [-0.25, -0.2) is 14.4 Å². The van der Waals surface area contributed by atoms with Crippen molar-refractivity contribution in [1.29, 1.82) is 0 Å². The Morgan fingerprint density at radius 1 is 0.925 bits per heavy atom. The van der Waals surface area contributed by atoms with Crippen LogP contribution in [0.25, 0.3) is 10.4 Å². The second-order valence-electron chi connectivity index (χ2n) is 8.11. The van der Waals surface area contributed by atoms with Gasteiger partial charge in [-0.2, -0.15) is 0 Å². The summed E-state index contributed by atoms with van der Waals surface area (Å²) in [6.45, 7) is 0.607. The van der Waals surface area contributed by atoms with E-state index in [-0.39, 0.29) is 50.2 Å². The summed E-state index contributed by atoms with van der Waals surface area (Å²) in [4.78, 5) is 19.4. The van der Waals surface area contributed by atoms with Crippen LogP contribution in [-0.4, -0.2) is 44.2 Å². The number of azide groups is 1. The van der Waals surface area contributed by atoms with Crippen LogP contribution in [0.1, 0.15) is 5.56 Å². The highest BCUT2D eigenvalue weighted by molar-refractivity contribution is 7.55. The number of nitrogens with one attached hydrogen (secondary N) is 1. The topological polar surface area (TPSA) is 196 Å². The van der Waals surface area contributed by atoms with Gasteiger partial charge in [-0.1, -0.05) is 53.6 Å². The number of ether oxygens (including phenoxy) is 2. The Bertz CT molecular complexity index is 1290. The van der Waals surface area contributed by atoms with Crippen molar-refractivity contribution in [3.63, 3.8) is 0 Å². The van der Waals surface area contributed by atoms with Crippen LogP contribution in [0.4, 0.5) is 10.5 Å². The van der Waals surface area contributed by atoms with Crippen LogP contribution < -0.4 is 25.8 Å². The molecule has 0 spiro atoms. The molecule has 0 fully saturated rings. The van der Waals surface area contributed by atoms with Crippen LogP contribution in [0, 0.1) is 0 Å². The van der Waals surface area contributed by atoms with Crippen molar-refractivity contribution >= 4 is 25.3 Å². The molecule has 40 heavy (non-hydrogen) atoms. The summed E-state index contributed by atoms with van der Waals surface area (Å²) >= 11 is 0. The van der Waals surface area contributed by atoms with E-state index < -0.39 is 19.5 Å². The molecule has 0 aliphatic rings. The fraction of sp³-hybridized carbons (Fsp3) is 0.231. The normalized spacial score (nSPS) is 11.4. The maximum atomic E-state index is 14.4. The number of carbonyl (C=O) groups excluding carboxylic acids is 1. The second kappa shape index (κ2) is 15.6. The van der Waals surface area contributed by atoms with Crippen molar-refractivity contribution < 1.29 is 27.9 Å². The molecule has 0 saturated carbocycles. The lowest BCUT2D eigenvalue weighted by molar-refractivity contribution is 0.109. The SMILES string of the molecule is [N-]=[N+]=NCCOCCNC(=O)OC(Cc1ccc(N=C(N)N)cc1)P(=O)(Oc1ccccc1)Oc1ccccc1. The Morgan fingerprint density at radius 2 is 1.52 bits per heavy atom. The molecule has 1 atom stereocenters. The first-order chi connectivity index (χ1) is 19.4. The van der Waals surface area contributed by atoms with Gasteiger partial charge in [-0.3, -0.25) is 0 Å². The average Bonchev–Trinajstić information content (AvgIpc) is 2.94. The Kier molecular flexibility index (Phi) is 11.7. The molecule has 210 valence electrons. The highest BCUT2D eigenvalue weighted by Crippen LogP contribution is 2.54. The summed E-state index contributed by atoms with van der Waals surface area (Å²) in [5, 5.41) is 5.92. The van der Waals surface area contributed by atoms with Crippen LogP contribution in [0.3, 0.4) is 0 Å². The van der Waals surface area contributed by atoms with Gasteiger partial charge < -0.3 is 35.3 Å². The average molecular weight is 568 g/mol. The molecule has 0 aliphatic carbocycles. The number of benzene rings is 3. The predicted molar refractivity (Wildman–Crippen MR) is 150 cm³/mol. The molecule has 3 rings (SSSR count). The van der Waals surface area contributed by atoms with E-state index in [9.17, 15) is 9.36 Å². The minimum absolute atomic E-state index is 0.0187. The molecule has 0 heterocycles. The van der Waals surface area contributed by atoms with Crippen molar-refractivity contribution in [2.75, 3.05) is 26.3 Å². The zero-order chi connectivity index (χ0) is 28.6. The summed E-state index contributed by atoms with van der Waals surface area (Å²) in [5.74, 6) is -0.906. The minimum Gasteiger partial charge on any atom is -0.430 e. The van der Waals surface area contributed by atoms with Crippen LogP contribution in [-0.2, 0) is 20.5 Å². The van der Waals surface area contributed by atoms with Crippen molar-refractivity contribution in [3.05, 3.63) is 101 Å². The molecular weight excluding hydrogens is 537 g/mol. The molecule has 0 aromatic heterocycles. The largest absolute Gasteiger partial charge is 0.471 e. The smallest absolute Gasteiger partial charge is 0.430 e. The molecule has 14 heteroatoms. The van der Waals surface area contributed by atoms with E-state index in [1.165, 1.54) is 0 Å². The van der Waals surface area contributed by atoms with Crippen molar-refractivity contribution in [2.45, 2.75) is 12.3 Å². The Labute approximate surface area is 231 Å². The third-order valence-electron chi connectivity index (χ3n) is 5.07. The third-order valence-corrected chi connectivity index (χ3v) is 6.99. The molecule has 1 amide bonds. The highest BCUT2D eigenvalue weighted by Gasteiger charge is 2.43. The van der Waals surface area contributed by atoms with E-state index in [0.717, 1.165) is 0 Å². The number of para-hydroxylation sites is 2. The first kappa shape index (κ1) is 29.9. The van der Waals surface area contributed by atoms with Gasteiger partial charge in [-0.15, -0.1) is 0 Å². The Balaban J connectivity index is 1.84. The van der Waals surface area contributed by atoms with E-state index in [2.05, 4.69) is 20.3 Å². The monoisotopic (exact) mass is 567 g/mol. The van der Waals surface area contributed by atoms with Crippen molar-refractivity contribution in [1.82, 2.24) is 5.32 Å². The maximum absolute atomic E-state index is 14.4. The van der Waals surface area contributed by atoms with Crippen LogP contribution in [0.15, 0.2) is 95.0 Å². The van der Waals surface area contributed by atoms with Gasteiger partial charge in [0, 0.05) is 24.4 Å². The highest BCUT2D eigenvalue weighted by atomic mass is 31.2. The lowest BCUT2D eigenvalue weighted by Crippen LogP contribution is -2.34. The number of nitrogens with zero attached hydrogens (tertiary/aromatic N) is 4. The van der Waals surface area contributed by atoms with Crippen molar-refractivity contribution in [3.8, 4) is 11.5 Å². The number of guanidine groups is 1. The van der Waals surface area contributed by atoms with Crippen LogP contribution in [0.5, 0.6) is 11.5 Å². The summed E-state index contributed by atoms with van der Waals surface area (Å²) < 4.78 is 37.2. The van der Waals surface area contributed by atoms with Crippen LogP contribution in [0.2, 0.25) is 0 Å². The summed E-state index contributed by atoms with van der Waals surface area (Å²) in [5.41, 5.74) is 20.4. The van der Waals surface area contributed by atoms with Gasteiger partial charge in [-0.05, 0) is 47.5 Å². The van der Waals surface area contributed by atoms with Gasteiger partial charge in [0.25, 0.3) is 0 Å². The molecule has 0 aliphatic heterocycles. The maximum Gasteiger partial charge on any atom is 0.471 e. The zero-order valence-corrected chi connectivity index (χ0v) is 22.4. The lowest BCUT2D eigenvalue weighted by atomic mass is 10.1. The first-order valence-corrected chi connectivity index (χ1v) is 13.8. The number of aliphatic imine (C=N–C) groups is 1. The van der Waals surface area contributed by atoms with E-state index in [1.54, 1.807) is 84.9 Å². The number of hydrogen-bond donors (Lipinski definition) is 3. The summed E-state index contributed by atoms with van der Waals surface area (Å²) in [7, 11) is -4.21. The van der Waals surface area contributed by atoms with Gasteiger partial charge >= 0.3 is 13.7 Å². The number of amides is 1. The van der Waals surface area contributed by atoms with E-state index >= 15 is 0 Å². The lowest BCUT2D eigenvalue weighted by Gasteiger charge is -2.27. The molecule has 5 N–H and O–H groups in total. The number of alkyl carbamates (subject to hydrolysis) is 1. The van der Waals surface area contributed by atoms with E-state index in [0.29, 0.717) is 11.3 Å². The molecule has 0 radical (unpaired) electrons. The van der Waals surface area contributed by atoms with Crippen molar-refractivity contribution in [2.24, 2.45) is 21.6 Å². The standard InChI is InChI=1S/C26H30N7O6P/c27-25(28)32-21-13-11-20(12-14-21)19-24(37-26(34)30-15-17-36-18-16-31-33-29)40(35,38-22-7-3-1-4-8-22)39-23-9-5-2-6-10-23/h1-14,24H,15-19H2,(H,30,34)(H4,27,28,32). The molecule has 3 aromatic carbocycles. The van der Waals surface area contributed by atoms with E-state index in [1.807, 2.05) is 0 Å². The minimum atomic E-state index is -4.21. The van der Waals surface area contributed by atoms with Gasteiger partial charge in [0.15, 0.2) is 5.96 Å². The summed E-state index contributed by atoms with van der Waals surface area (Å²) in [6, 6.07) is 23.7. The molecule has 0 saturated heterocycles.